The number of phenols is 1. The molecule has 0 spiro atoms. The van der Waals surface area contributed by atoms with E-state index in [1.807, 2.05) is 0 Å². The quantitative estimate of drug-likeness (QED) is 0.663. The van der Waals surface area contributed by atoms with Crippen LogP contribution in [0.4, 0.5) is 0 Å². The number of rotatable bonds is 4. The summed E-state index contributed by atoms with van der Waals surface area (Å²) in [5.74, 6) is 0.620. The number of aliphatic hydroxyl groups is 1. The van der Waals surface area contributed by atoms with E-state index < -0.39 is 6.10 Å². The summed E-state index contributed by atoms with van der Waals surface area (Å²) in [4.78, 5) is 0. The van der Waals surface area contributed by atoms with Crippen LogP contribution in [0, 0.1) is 0 Å². The van der Waals surface area contributed by atoms with Crippen molar-refractivity contribution < 1.29 is 14.9 Å². The summed E-state index contributed by atoms with van der Waals surface area (Å²) in [5.41, 5.74) is 0.500. The molecule has 1 aromatic rings. The van der Waals surface area contributed by atoms with E-state index in [2.05, 4.69) is 5.32 Å². The van der Waals surface area contributed by atoms with Gasteiger partial charge < -0.3 is 20.3 Å². The lowest BCUT2D eigenvalue weighted by Crippen LogP contribution is -2.16. The average Bonchev–Trinajstić information content (AvgIpc) is 2.17. The predicted octanol–water partition coefficient (Wildman–Crippen LogP) is 0.654. The van der Waals surface area contributed by atoms with Gasteiger partial charge in [0, 0.05) is 18.2 Å². The molecule has 1 unspecified atom stereocenters. The van der Waals surface area contributed by atoms with Gasteiger partial charge in [-0.15, -0.1) is 0 Å². The second-order valence-electron chi connectivity index (χ2n) is 3.00. The van der Waals surface area contributed by atoms with Gasteiger partial charge in [0.25, 0.3) is 0 Å². The Morgan fingerprint density at radius 3 is 2.71 bits per heavy atom. The highest BCUT2D eigenvalue weighted by Gasteiger charge is 2.11. The van der Waals surface area contributed by atoms with Crippen molar-refractivity contribution in [2.75, 3.05) is 20.7 Å². The van der Waals surface area contributed by atoms with Crippen molar-refractivity contribution in [3.8, 4) is 11.5 Å². The standard InChI is InChI=1S/C10H15NO3/c1-11-6-10(13)8-4-3-7(14-2)5-9(8)12/h3-5,10-13H,6H2,1-2H3. The molecule has 0 fully saturated rings. The van der Waals surface area contributed by atoms with Crippen LogP contribution in [-0.4, -0.2) is 30.9 Å². The number of aliphatic hydroxyl groups excluding tert-OH is 1. The number of hydrogen-bond acceptors (Lipinski definition) is 4. The first-order valence-corrected chi connectivity index (χ1v) is 4.38. The molecule has 0 aromatic heterocycles. The van der Waals surface area contributed by atoms with E-state index in [0.717, 1.165) is 0 Å². The Kier molecular flexibility index (Phi) is 3.73. The number of nitrogens with one attached hydrogen (secondary N) is 1. The lowest BCUT2D eigenvalue weighted by molar-refractivity contribution is 0.174. The second kappa shape index (κ2) is 4.83. The normalized spacial score (nSPS) is 12.5. The van der Waals surface area contributed by atoms with Gasteiger partial charge in [-0.3, -0.25) is 0 Å². The highest BCUT2D eigenvalue weighted by Crippen LogP contribution is 2.27. The van der Waals surface area contributed by atoms with E-state index in [1.165, 1.54) is 13.2 Å². The van der Waals surface area contributed by atoms with E-state index >= 15 is 0 Å². The Hall–Kier alpha value is -1.26. The molecule has 0 bridgehead atoms. The number of ether oxygens (including phenoxy) is 1. The van der Waals surface area contributed by atoms with E-state index in [9.17, 15) is 10.2 Å². The largest absolute Gasteiger partial charge is 0.507 e. The summed E-state index contributed by atoms with van der Waals surface area (Å²) in [6, 6.07) is 4.83. The van der Waals surface area contributed by atoms with Crippen LogP contribution in [0.25, 0.3) is 0 Å². The summed E-state index contributed by atoms with van der Waals surface area (Å²) in [6.07, 6.45) is -0.703. The first kappa shape index (κ1) is 10.8. The molecule has 0 saturated carbocycles. The molecule has 4 nitrogen and oxygen atoms in total. The van der Waals surface area contributed by atoms with Gasteiger partial charge in [-0.1, -0.05) is 0 Å². The molecule has 14 heavy (non-hydrogen) atoms. The number of benzene rings is 1. The zero-order valence-corrected chi connectivity index (χ0v) is 8.32. The Labute approximate surface area is 83.1 Å². The highest BCUT2D eigenvalue weighted by atomic mass is 16.5. The van der Waals surface area contributed by atoms with Gasteiger partial charge in [-0.2, -0.15) is 0 Å². The van der Waals surface area contributed by atoms with Crippen molar-refractivity contribution in [3.05, 3.63) is 23.8 Å². The zero-order valence-electron chi connectivity index (χ0n) is 8.32. The lowest BCUT2D eigenvalue weighted by Gasteiger charge is -2.12. The zero-order chi connectivity index (χ0) is 10.6. The van der Waals surface area contributed by atoms with Crippen LogP contribution < -0.4 is 10.1 Å². The molecule has 1 aromatic carbocycles. The third kappa shape index (κ3) is 2.37. The molecule has 4 heteroatoms. The molecule has 78 valence electrons. The number of phenolic OH excluding ortho intramolecular Hbond substituents is 1. The fraction of sp³-hybridized carbons (Fsp3) is 0.400. The van der Waals surface area contributed by atoms with E-state index in [4.69, 9.17) is 4.74 Å². The first-order valence-electron chi connectivity index (χ1n) is 4.38. The number of likely N-dealkylation sites (N-methyl/N-ethyl adjacent to an activating group) is 1. The minimum atomic E-state index is -0.703. The molecule has 0 aliphatic carbocycles. The van der Waals surface area contributed by atoms with Gasteiger partial charge in [0.1, 0.15) is 11.5 Å². The Morgan fingerprint density at radius 1 is 1.50 bits per heavy atom. The minimum absolute atomic E-state index is 0.0482. The van der Waals surface area contributed by atoms with Crippen molar-refractivity contribution in [1.29, 1.82) is 0 Å². The topological polar surface area (TPSA) is 61.7 Å². The fourth-order valence-corrected chi connectivity index (χ4v) is 1.24. The van der Waals surface area contributed by atoms with Crippen LogP contribution in [0.3, 0.4) is 0 Å². The van der Waals surface area contributed by atoms with E-state index in [1.54, 1.807) is 19.2 Å². The molecule has 0 heterocycles. The average molecular weight is 197 g/mol. The van der Waals surface area contributed by atoms with Gasteiger partial charge in [0.15, 0.2) is 0 Å². The number of aromatic hydroxyl groups is 1. The van der Waals surface area contributed by atoms with Gasteiger partial charge in [-0.05, 0) is 19.2 Å². The number of methoxy groups -OCH3 is 1. The summed E-state index contributed by atoms with van der Waals surface area (Å²) in [7, 11) is 3.27. The van der Waals surface area contributed by atoms with Crippen molar-refractivity contribution in [1.82, 2.24) is 5.32 Å². The van der Waals surface area contributed by atoms with E-state index in [0.29, 0.717) is 17.9 Å². The van der Waals surface area contributed by atoms with Crippen LogP contribution in [0.2, 0.25) is 0 Å². The Bertz CT molecular complexity index is 301. The maximum atomic E-state index is 9.60. The SMILES string of the molecule is CNCC(O)c1ccc(OC)cc1O. The molecule has 0 amide bonds. The molecule has 0 radical (unpaired) electrons. The molecule has 0 aliphatic rings. The molecule has 3 N–H and O–H groups in total. The smallest absolute Gasteiger partial charge is 0.125 e. The summed E-state index contributed by atoms with van der Waals surface area (Å²) < 4.78 is 4.93. The Morgan fingerprint density at radius 2 is 2.21 bits per heavy atom. The van der Waals surface area contributed by atoms with Crippen LogP contribution in [0.5, 0.6) is 11.5 Å². The van der Waals surface area contributed by atoms with Crippen molar-refractivity contribution >= 4 is 0 Å². The van der Waals surface area contributed by atoms with Crippen molar-refractivity contribution in [2.45, 2.75) is 6.10 Å². The Balaban J connectivity index is 2.88. The third-order valence-electron chi connectivity index (χ3n) is 1.99. The molecular weight excluding hydrogens is 182 g/mol. The van der Waals surface area contributed by atoms with E-state index in [-0.39, 0.29) is 5.75 Å². The second-order valence-corrected chi connectivity index (χ2v) is 3.00. The number of hydrogen-bond donors (Lipinski definition) is 3. The fourth-order valence-electron chi connectivity index (χ4n) is 1.24. The van der Waals surface area contributed by atoms with Crippen molar-refractivity contribution in [3.63, 3.8) is 0 Å². The van der Waals surface area contributed by atoms with Crippen LogP contribution in [0.1, 0.15) is 11.7 Å². The summed E-state index contributed by atoms with van der Waals surface area (Å²) >= 11 is 0. The monoisotopic (exact) mass is 197 g/mol. The van der Waals surface area contributed by atoms with Crippen molar-refractivity contribution in [2.24, 2.45) is 0 Å². The van der Waals surface area contributed by atoms with Gasteiger partial charge in [0.05, 0.1) is 13.2 Å². The first-order chi connectivity index (χ1) is 6.69. The summed E-state index contributed by atoms with van der Waals surface area (Å²) in [5, 5.41) is 22.0. The maximum absolute atomic E-state index is 9.60. The van der Waals surface area contributed by atoms with Gasteiger partial charge >= 0.3 is 0 Å². The van der Waals surface area contributed by atoms with Crippen LogP contribution >= 0.6 is 0 Å². The summed E-state index contributed by atoms with van der Waals surface area (Å²) in [6.45, 7) is 0.403. The molecule has 1 atom stereocenters. The molecule has 0 aliphatic heterocycles. The maximum Gasteiger partial charge on any atom is 0.125 e. The molecule has 1 rings (SSSR count). The predicted molar refractivity (Wildman–Crippen MR) is 53.5 cm³/mol. The highest BCUT2D eigenvalue weighted by molar-refractivity contribution is 5.40. The van der Waals surface area contributed by atoms with Crippen LogP contribution in [-0.2, 0) is 0 Å². The minimum Gasteiger partial charge on any atom is -0.507 e. The lowest BCUT2D eigenvalue weighted by atomic mass is 10.1. The van der Waals surface area contributed by atoms with Gasteiger partial charge in [-0.25, -0.2) is 0 Å². The van der Waals surface area contributed by atoms with Gasteiger partial charge in [0.2, 0.25) is 0 Å². The van der Waals surface area contributed by atoms with Crippen LogP contribution in [0.15, 0.2) is 18.2 Å². The molecular formula is C10H15NO3. The molecule has 0 saturated heterocycles. The third-order valence-corrected chi connectivity index (χ3v) is 1.99.